The summed E-state index contributed by atoms with van der Waals surface area (Å²) in [5.41, 5.74) is 3.27. The molecule has 1 saturated heterocycles. The summed E-state index contributed by atoms with van der Waals surface area (Å²) >= 11 is 0. The second-order valence-electron chi connectivity index (χ2n) is 8.05. The number of carbonyl (C=O) groups excluding carboxylic acids is 1. The van der Waals surface area contributed by atoms with E-state index >= 15 is 0 Å². The minimum atomic E-state index is 0.0661. The molecule has 1 unspecified atom stereocenters. The van der Waals surface area contributed by atoms with E-state index in [1.54, 1.807) is 12.4 Å². The Morgan fingerprint density at radius 1 is 1.21 bits per heavy atom. The fraction of sp³-hybridized carbons (Fsp3) is 0.476. The third-order valence-electron chi connectivity index (χ3n) is 5.17. The van der Waals surface area contributed by atoms with Crippen LogP contribution in [0.15, 0.2) is 36.8 Å². The summed E-state index contributed by atoms with van der Waals surface area (Å²) < 4.78 is 1.93. The molecule has 2 aromatic heterocycles. The maximum absolute atomic E-state index is 13.0. The topological polar surface area (TPSA) is 76.8 Å². The molecule has 1 aliphatic heterocycles. The van der Waals surface area contributed by atoms with E-state index in [0.717, 1.165) is 55.6 Å². The van der Waals surface area contributed by atoms with Crippen molar-refractivity contribution in [1.82, 2.24) is 29.9 Å². The van der Waals surface area contributed by atoms with Gasteiger partial charge in [-0.1, -0.05) is 19.1 Å². The third-order valence-corrected chi connectivity index (χ3v) is 5.17. The molecule has 1 aliphatic rings. The molecule has 146 valence electrons. The number of nitrogens with zero attached hydrogens (tertiary/aromatic N) is 6. The van der Waals surface area contributed by atoms with E-state index in [1.165, 1.54) is 0 Å². The number of piperidine rings is 1. The Morgan fingerprint density at radius 3 is 2.86 bits per heavy atom. The first-order valence-electron chi connectivity index (χ1n) is 9.97. The number of aromatic nitrogens is 5. The van der Waals surface area contributed by atoms with E-state index in [4.69, 9.17) is 0 Å². The first-order chi connectivity index (χ1) is 13.6. The molecule has 3 aromatic rings. The van der Waals surface area contributed by atoms with E-state index in [2.05, 4.69) is 34.1 Å². The summed E-state index contributed by atoms with van der Waals surface area (Å²) in [6.45, 7) is 6.71. The SMILES string of the molecule is CC(C)Cc1cn(CC2CCCN(C(=O)c3ccc4nccnc4c3)C2)nn1. The molecule has 0 spiro atoms. The zero-order valence-corrected chi connectivity index (χ0v) is 16.5. The second kappa shape index (κ2) is 8.04. The number of hydrogen-bond acceptors (Lipinski definition) is 5. The van der Waals surface area contributed by atoms with Crippen molar-refractivity contribution in [2.75, 3.05) is 13.1 Å². The molecule has 28 heavy (non-hydrogen) atoms. The van der Waals surface area contributed by atoms with Crippen molar-refractivity contribution in [2.24, 2.45) is 11.8 Å². The van der Waals surface area contributed by atoms with Crippen molar-refractivity contribution >= 4 is 16.9 Å². The van der Waals surface area contributed by atoms with Gasteiger partial charge in [0.05, 0.1) is 16.7 Å². The molecular formula is C21H26N6O. The summed E-state index contributed by atoms with van der Waals surface area (Å²) in [7, 11) is 0. The Balaban J connectivity index is 1.42. The van der Waals surface area contributed by atoms with Crippen molar-refractivity contribution in [3.63, 3.8) is 0 Å². The Hall–Kier alpha value is -2.83. The average Bonchev–Trinajstić information content (AvgIpc) is 3.13. The van der Waals surface area contributed by atoms with E-state index < -0.39 is 0 Å². The van der Waals surface area contributed by atoms with E-state index in [9.17, 15) is 4.79 Å². The normalized spacial score (nSPS) is 17.4. The van der Waals surface area contributed by atoms with E-state index in [1.807, 2.05) is 34.0 Å². The van der Waals surface area contributed by atoms with Crippen LogP contribution in [0, 0.1) is 11.8 Å². The van der Waals surface area contributed by atoms with Crippen LogP contribution in [0.4, 0.5) is 0 Å². The van der Waals surface area contributed by atoms with Crippen molar-refractivity contribution < 1.29 is 4.79 Å². The summed E-state index contributed by atoms with van der Waals surface area (Å²) in [5, 5.41) is 8.55. The van der Waals surface area contributed by atoms with Crippen molar-refractivity contribution in [1.29, 1.82) is 0 Å². The molecule has 0 radical (unpaired) electrons. The number of carbonyl (C=O) groups is 1. The fourth-order valence-electron chi connectivity index (χ4n) is 3.88. The first kappa shape index (κ1) is 18.5. The minimum Gasteiger partial charge on any atom is -0.338 e. The van der Waals surface area contributed by atoms with Crippen LogP contribution in [-0.2, 0) is 13.0 Å². The minimum absolute atomic E-state index is 0.0661. The van der Waals surface area contributed by atoms with Crippen molar-refractivity contribution in [3.05, 3.63) is 48.0 Å². The Labute approximate surface area is 164 Å². The lowest BCUT2D eigenvalue weighted by molar-refractivity contribution is 0.0659. The highest BCUT2D eigenvalue weighted by Crippen LogP contribution is 2.21. The molecule has 1 amide bonds. The summed E-state index contributed by atoms with van der Waals surface area (Å²) in [4.78, 5) is 23.5. The summed E-state index contributed by atoms with van der Waals surface area (Å²) in [5.74, 6) is 1.03. The molecule has 4 rings (SSSR count). The van der Waals surface area contributed by atoms with Crippen LogP contribution in [0.1, 0.15) is 42.7 Å². The third kappa shape index (κ3) is 4.18. The van der Waals surface area contributed by atoms with Gasteiger partial charge < -0.3 is 4.90 Å². The smallest absolute Gasteiger partial charge is 0.253 e. The maximum atomic E-state index is 13.0. The predicted molar refractivity (Wildman–Crippen MR) is 107 cm³/mol. The maximum Gasteiger partial charge on any atom is 0.253 e. The van der Waals surface area contributed by atoms with Crippen LogP contribution in [0.25, 0.3) is 11.0 Å². The first-order valence-corrected chi connectivity index (χ1v) is 9.97. The number of rotatable bonds is 5. The van der Waals surface area contributed by atoms with E-state index in [-0.39, 0.29) is 5.91 Å². The zero-order valence-electron chi connectivity index (χ0n) is 16.5. The lowest BCUT2D eigenvalue weighted by atomic mass is 9.97. The predicted octanol–water partition coefficient (Wildman–Crippen LogP) is 2.97. The van der Waals surface area contributed by atoms with Crippen molar-refractivity contribution in [2.45, 2.75) is 39.7 Å². The lowest BCUT2D eigenvalue weighted by Gasteiger charge is -2.32. The molecule has 0 N–H and O–H groups in total. The number of likely N-dealkylation sites (tertiary alicyclic amines) is 1. The van der Waals surface area contributed by atoms with Gasteiger partial charge in [-0.15, -0.1) is 5.10 Å². The number of hydrogen-bond donors (Lipinski definition) is 0. The summed E-state index contributed by atoms with van der Waals surface area (Å²) in [6.07, 6.45) is 8.42. The van der Waals surface area contributed by atoms with Gasteiger partial charge in [0.1, 0.15) is 0 Å². The Kier molecular flexibility index (Phi) is 5.32. The number of amides is 1. The molecule has 7 heteroatoms. The van der Waals surface area contributed by atoms with Crippen LogP contribution in [0.2, 0.25) is 0 Å². The highest BCUT2D eigenvalue weighted by atomic mass is 16.2. The lowest BCUT2D eigenvalue weighted by Crippen LogP contribution is -2.41. The van der Waals surface area contributed by atoms with Crippen LogP contribution in [-0.4, -0.2) is 48.9 Å². The van der Waals surface area contributed by atoms with Gasteiger partial charge in [-0.25, -0.2) is 0 Å². The molecule has 0 aliphatic carbocycles. The molecule has 3 heterocycles. The van der Waals surface area contributed by atoms with Gasteiger partial charge in [0.2, 0.25) is 0 Å². The van der Waals surface area contributed by atoms with Crippen LogP contribution in [0.3, 0.4) is 0 Å². The number of benzene rings is 1. The number of fused-ring (bicyclic) bond motifs is 1. The zero-order chi connectivity index (χ0) is 19.5. The summed E-state index contributed by atoms with van der Waals surface area (Å²) in [6, 6.07) is 5.55. The average molecular weight is 378 g/mol. The van der Waals surface area contributed by atoms with Gasteiger partial charge in [-0.05, 0) is 49.3 Å². The molecule has 1 atom stereocenters. The van der Waals surface area contributed by atoms with Gasteiger partial charge in [0, 0.05) is 43.8 Å². The molecule has 1 fully saturated rings. The van der Waals surface area contributed by atoms with Gasteiger partial charge in [-0.3, -0.25) is 19.4 Å². The molecule has 0 saturated carbocycles. The fourth-order valence-corrected chi connectivity index (χ4v) is 3.88. The standard InChI is InChI=1S/C21H26N6O/c1-15(2)10-18-14-27(25-24-18)13-16-4-3-9-26(12-16)21(28)17-5-6-19-20(11-17)23-8-7-22-19/h5-8,11,14-16H,3-4,9-10,12-13H2,1-2H3. The molecular weight excluding hydrogens is 352 g/mol. The van der Waals surface area contributed by atoms with Gasteiger partial charge in [0.25, 0.3) is 5.91 Å². The van der Waals surface area contributed by atoms with Gasteiger partial charge in [0.15, 0.2) is 0 Å². The molecule has 7 nitrogen and oxygen atoms in total. The second-order valence-corrected chi connectivity index (χ2v) is 8.05. The van der Waals surface area contributed by atoms with Gasteiger partial charge >= 0.3 is 0 Å². The monoisotopic (exact) mass is 378 g/mol. The Morgan fingerprint density at radius 2 is 2.04 bits per heavy atom. The largest absolute Gasteiger partial charge is 0.338 e. The molecule has 1 aromatic carbocycles. The van der Waals surface area contributed by atoms with Gasteiger partial charge in [-0.2, -0.15) is 0 Å². The molecule has 0 bridgehead atoms. The van der Waals surface area contributed by atoms with Crippen LogP contribution >= 0.6 is 0 Å². The van der Waals surface area contributed by atoms with Crippen molar-refractivity contribution in [3.8, 4) is 0 Å². The van der Waals surface area contributed by atoms with Crippen LogP contribution < -0.4 is 0 Å². The Bertz CT molecular complexity index is 966. The highest BCUT2D eigenvalue weighted by molar-refractivity contribution is 5.97. The van der Waals surface area contributed by atoms with E-state index in [0.29, 0.717) is 17.4 Å². The quantitative estimate of drug-likeness (QED) is 0.682. The van der Waals surface area contributed by atoms with Crippen LogP contribution in [0.5, 0.6) is 0 Å². The highest BCUT2D eigenvalue weighted by Gasteiger charge is 2.25.